The van der Waals surface area contributed by atoms with E-state index in [2.05, 4.69) is 43.7 Å². The molecular weight excluding hydrogens is 342 g/mol. The second-order valence-corrected chi connectivity index (χ2v) is 8.22. The van der Waals surface area contributed by atoms with Gasteiger partial charge in [-0.1, -0.05) is 13.8 Å². The summed E-state index contributed by atoms with van der Waals surface area (Å²) in [6, 6.07) is 2.42. The van der Waals surface area contributed by atoms with Gasteiger partial charge in [0.15, 0.2) is 11.3 Å². The number of hydrogen-bond donors (Lipinski definition) is 2. The molecule has 3 aromatic heterocycles. The molecule has 2 fully saturated rings. The Kier molecular flexibility index (Phi) is 3.80. The Morgan fingerprint density at radius 2 is 2.15 bits per heavy atom. The van der Waals surface area contributed by atoms with E-state index < -0.39 is 0 Å². The van der Waals surface area contributed by atoms with Crippen LogP contribution in [-0.2, 0) is 0 Å². The van der Waals surface area contributed by atoms with Crippen LogP contribution in [0.5, 0.6) is 0 Å². The summed E-state index contributed by atoms with van der Waals surface area (Å²) in [6.45, 7) is 5.89. The van der Waals surface area contributed by atoms with Crippen molar-refractivity contribution in [1.29, 1.82) is 0 Å². The predicted octanol–water partition coefficient (Wildman–Crippen LogP) is 2.54. The third kappa shape index (κ3) is 2.65. The molecule has 0 aromatic carbocycles. The number of likely N-dealkylation sites (tertiary alicyclic amines) is 1. The minimum absolute atomic E-state index is 0.0649. The SMILES string of the molecule is CC(C)[C@H]1CN(C(=O)NC2CCC2)C[C@H]1c1nnc2cnc3[nH]ccc3n12. The van der Waals surface area contributed by atoms with Crippen LogP contribution in [0.4, 0.5) is 4.79 Å². The van der Waals surface area contributed by atoms with Gasteiger partial charge in [0.1, 0.15) is 5.82 Å². The first-order chi connectivity index (χ1) is 13.1. The van der Waals surface area contributed by atoms with E-state index in [1.807, 2.05) is 17.2 Å². The van der Waals surface area contributed by atoms with Crippen molar-refractivity contribution in [3.8, 4) is 0 Å². The summed E-state index contributed by atoms with van der Waals surface area (Å²) in [7, 11) is 0. The van der Waals surface area contributed by atoms with Crippen molar-refractivity contribution in [3.63, 3.8) is 0 Å². The van der Waals surface area contributed by atoms with Gasteiger partial charge in [-0.25, -0.2) is 9.78 Å². The molecule has 0 bridgehead atoms. The Labute approximate surface area is 157 Å². The van der Waals surface area contributed by atoms with E-state index in [1.54, 1.807) is 6.20 Å². The Hall–Kier alpha value is -2.64. The number of aromatic nitrogens is 5. The van der Waals surface area contributed by atoms with E-state index in [0.717, 1.165) is 42.0 Å². The minimum Gasteiger partial charge on any atom is -0.345 e. The molecule has 4 heterocycles. The Morgan fingerprint density at radius 3 is 2.89 bits per heavy atom. The van der Waals surface area contributed by atoms with Crippen LogP contribution in [0.2, 0.25) is 0 Å². The molecule has 2 N–H and O–H groups in total. The Bertz CT molecular complexity index is 986. The standard InChI is InChI=1S/C19H25N7O/c1-11(2)13-9-25(19(27)22-12-4-3-5-12)10-14(13)18-24-23-16-8-21-17-15(26(16)18)6-7-20-17/h6-8,11-14,20H,3-5,9-10H2,1-2H3,(H,22,27)/t13-,14-/m1/s1. The van der Waals surface area contributed by atoms with Gasteiger partial charge >= 0.3 is 6.03 Å². The predicted molar refractivity (Wildman–Crippen MR) is 101 cm³/mol. The molecule has 0 spiro atoms. The lowest BCUT2D eigenvalue weighted by atomic mass is 9.85. The lowest BCUT2D eigenvalue weighted by Gasteiger charge is -2.29. The van der Waals surface area contributed by atoms with Crippen LogP contribution in [0.25, 0.3) is 16.8 Å². The van der Waals surface area contributed by atoms with Crippen molar-refractivity contribution >= 4 is 22.8 Å². The third-order valence-electron chi connectivity index (χ3n) is 6.24. The first kappa shape index (κ1) is 16.5. The highest BCUT2D eigenvalue weighted by Gasteiger charge is 2.41. The number of nitrogens with one attached hydrogen (secondary N) is 2. The number of fused-ring (bicyclic) bond motifs is 3. The third-order valence-corrected chi connectivity index (χ3v) is 6.24. The van der Waals surface area contributed by atoms with E-state index in [0.29, 0.717) is 24.4 Å². The zero-order valence-corrected chi connectivity index (χ0v) is 15.7. The average Bonchev–Trinajstić information content (AvgIpc) is 3.32. The van der Waals surface area contributed by atoms with Gasteiger partial charge in [-0.2, -0.15) is 0 Å². The number of H-pyrrole nitrogens is 1. The molecule has 5 rings (SSSR count). The van der Waals surface area contributed by atoms with Crippen LogP contribution >= 0.6 is 0 Å². The molecule has 1 saturated heterocycles. The topological polar surface area (TPSA) is 91.2 Å². The van der Waals surface area contributed by atoms with Crippen molar-refractivity contribution in [2.24, 2.45) is 11.8 Å². The van der Waals surface area contributed by atoms with Gasteiger partial charge in [0, 0.05) is 31.2 Å². The fourth-order valence-corrected chi connectivity index (χ4v) is 4.40. The number of rotatable bonds is 3. The maximum Gasteiger partial charge on any atom is 0.317 e. The van der Waals surface area contributed by atoms with Crippen LogP contribution in [0, 0.1) is 11.8 Å². The molecule has 2 amide bonds. The summed E-state index contributed by atoms with van der Waals surface area (Å²) in [6.07, 6.45) is 7.05. The summed E-state index contributed by atoms with van der Waals surface area (Å²) >= 11 is 0. The highest BCUT2D eigenvalue weighted by Crippen LogP contribution is 2.37. The molecule has 1 aliphatic carbocycles. The van der Waals surface area contributed by atoms with Crippen molar-refractivity contribution < 1.29 is 4.79 Å². The summed E-state index contributed by atoms with van der Waals surface area (Å²) < 4.78 is 2.09. The van der Waals surface area contributed by atoms with E-state index in [4.69, 9.17) is 0 Å². The number of nitrogens with zero attached hydrogens (tertiary/aromatic N) is 5. The second kappa shape index (κ2) is 6.21. The Morgan fingerprint density at radius 1 is 1.30 bits per heavy atom. The summed E-state index contributed by atoms with van der Waals surface area (Å²) in [5.74, 6) is 1.89. The number of carbonyl (C=O) groups is 1. The zero-order valence-electron chi connectivity index (χ0n) is 15.7. The Balaban J connectivity index is 1.50. The maximum atomic E-state index is 12.7. The van der Waals surface area contributed by atoms with E-state index in [-0.39, 0.29) is 11.9 Å². The summed E-state index contributed by atoms with van der Waals surface area (Å²) in [4.78, 5) is 22.2. The quantitative estimate of drug-likeness (QED) is 0.744. The summed E-state index contributed by atoms with van der Waals surface area (Å²) in [5.41, 5.74) is 2.55. The first-order valence-electron chi connectivity index (χ1n) is 9.84. The lowest BCUT2D eigenvalue weighted by Crippen LogP contribution is -2.46. The monoisotopic (exact) mass is 367 g/mol. The minimum atomic E-state index is 0.0649. The normalized spacial score (nSPS) is 23.4. The van der Waals surface area contributed by atoms with Crippen LogP contribution in [0.3, 0.4) is 0 Å². The van der Waals surface area contributed by atoms with Crippen LogP contribution in [-0.4, -0.2) is 54.6 Å². The molecule has 2 aliphatic rings. The first-order valence-corrected chi connectivity index (χ1v) is 9.84. The van der Waals surface area contributed by atoms with E-state index in [9.17, 15) is 4.79 Å². The molecule has 1 aliphatic heterocycles. The smallest absolute Gasteiger partial charge is 0.317 e. The molecule has 0 radical (unpaired) electrons. The van der Waals surface area contributed by atoms with E-state index in [1.165, 1.54) is 6.42 Å². The van der Waals surface area contributed by atoms with Crippen molar-refractivity contribution in [2.45, 2.75) is 45.1 Å². The molecule has 1 saturated carbocycles. The van der Waals surface area contributed by atoms with Crippen molar-refractivity contribution in [1.82, 2.24) is 34.8 Å². The number of hydrogen-bond acceptors (Lipinski definition) is 4. The van der Waals surface area contributed by atoms with Crippen molar-refractivity contribution in [2.75, 3.05) is 13.1 Å². The molecule has 3 aromatic rings. The van der Waals surface area contributed by atoms with Gasteiger partial charge in [0.25, 0.3) is 0 Å². The maximum absolute atomic E-state index is 12.7. The molecular formula is C19H25N7O. The highest BCUT2D eigenvalue weighted by molar-refractivity contribution is 5.76. The largest absolute Gasteiger partial charge is 0.345 e. The fraction of sp³-hybridized carbons (Fsp3) is 0.579. The molecule has 142 valence electrons. The zero-order chi connectivity index (χ0) is 18.5. The molecule has 8 nitrogen and oxygen atoms in total. The van der Waals surface area contributed by atoms with Gasteiger partial charge in [-0.3, -0.25) is 4.40 Å². The summed E-state index contributed by atoms with van der Waals surface area (Å²) in [5, 5.41) is 12.0. The van der Waals surface area contributed by atoms with Crippen LogP contribution in [0.15, 0.2) is 18.5 Å². The highest BCUT2D eigenvalue weighted by atomic mass is 16.2. The average molecular weight is 367 g/mol. The van der Waals surface area contributed by atoms with Crippen molar-refractivity contribution in [3.05, 3.63) is 24.3 Å². The number of aromatic amines is 1. The van der Waals surface area contributed by atoms with Gasteiger partial charge in [-0.05, 0) is 37.2 Å². The van der Waals surface area contributed by atoms with Gasteiger partial charge < -0.3 is 15.2 Å². The number of carbonyl (C=O) groups excluding carboxylic acids is 1. The van der Waals surface area contributed by atoms with Crippen LogP contribution < -0.4 is 5.32 Å². The molecule has 0 unspecified atom stereocenters. The lowest BCUT2D eigenvalue weighted by molar-refractivity contribution is 0.193. The number of urea groups is 1. The fourth-order valence-electron chi connectivity index (χ4n) is 4.40. The number of amides is 2. The van der Waals surface area contributed by atoms with Gasteiger partial charge in [0.05, 0.1) is 11.7 Å². The van der Waals surface area contributed by atoms with Gasteiger partial charge in [0.2, 0.25) is 0 Å². The second-order valence-electron chi connectivity index (χ2n) is 8.22. The molecule has 2 atom stereocenters. The molecule has 8 heteroatoms. The van der Waals surface area contributed by atoms with Crippen LogP contribution in [0.1, 0.15) is 44.9 Å². The van der Waals surface area contributed by atoms with Gasteiger partial charge in [-0.15, -0.1) is 10.2 Å². The van der Waals surface area contributed by atoms with E-state index >= 15 is 0 Å². The molecule has 27 heavy (non-hydrogen) atoms.